The molecule has 1 atom stereocenters. The van der Waals surface area contributed by atoms with E-state index in [1.54, 1.807) is 30.5 Å². The third kappa shape index (κ3) is 10.9. The van der Waals surface area contributed by atoms with Gasteiger partial charge in [-0.1, -0.05) is 19.4 Å². The molecule has 19 heteroatoms. The quantitative estimate of drug-likeness (QED) is 0.0726. The van der Waals surface area contributed by atoms with E-state index in [1.165, 1.54) is 39.9 Å². The monoisotopic (exact) mass is 940 g/mol. The zero-order valence-electron chi connectivity index (χ0n) is 37.3. The number of hydrogen-bond donors (Lipinski definition) is 3. The fourth-order valence-corrected chi connectivity index (χ4v) is 11.0. The number of carbonyl (C=O) groups excluding carboxylic acids is 1. The van der Waals surface area contributed by atoms with E-state index in [-0.39, 0.29) is 35.1 Å². The molecule has 9 rings (SSSR count). The molecular weight excluding hydrogens is 885 g/mol. The normalized spacial score (nSPS) is 19.8. The Kier molecular flexibility index (Phi) is 13.7. The molecule has 0 bridgehead atoms. The number of carbonyl (C=O) groups is 1. The number of allylic oxidation sites excluding steroid dienone is 1. The molecule has 0 spiro atoms. The lowest BCUT2D eigenvalue weighted by atomic mass is 9.73. The molecule has 1 aliphatic carbocycles. The van der Waals surface area contributed by atoms with E-state index in [0.29, 0.717) is 31.2 Å². The van der Waals surface area contributed by atoms with Crippen molar-refractivity contribution in [2.75, 3.05) is 95.6 Å². The first-order chi connectivity index (χ1) is 31.9. The molecule has 17 nitrogen and oxygen atoms in total. The van der Waals surface area contributed by atoms with Crippen LogP contribution in [0.3, 0.4) is 0 Å². The molecule has 5 aromatic rings. The van der Waals surface area contributed by atoms with E-state index < -0.39 is 31.4 Å². The molecule has 0 saturated carbocycles. The molecule has 2 aromatic carbocycles. The molecule has 1 amide bonds. The highest BCUT2D eigenvalue weighted by Gasteiger charge is 2.31. The fraction of sp³-hybridized carbons (Fsp3) is 0.447. The number of rotatable bonds is 15. The summed E-state index contributed by atoms with van der Waals surface area (Å²) in [4.78, 5) is 41.0. The number of nitro groups is 1. The number of hydrogen-bond acceptors (Lipinski definition) is 15. The van der Waals surface area contributed by atoms with Gasteiger partial charge in [-0.15, -0.1) is 11.3 Å². The van der Waals surface area contributed by atoms with Gasteiger partial charge in [-0.25, -0.2) is 18.1 Å². The first-order valence-corrected chi connectivity index (χ1v) is 24.8. The van der Waals surface area contributed by atoms with Crippen molar-refractivity contribution in [3.8, 4) is 11.5 Å². The van der Waals surface area contributed by atoms with Crippen LogP contribution in [0.5, 0.6) is 11.5 Å². The Hall–Kier alpha value is -5.41. The van der Waals surface area contributed by atoms with E-state index in [0.717, 1.165) is 102 Å². The first-order valence-electron chi connectivity index (χ1n) is 22.5. The number of H-pyrrole nitrogens is 1. The van der Waals surface area contributed by atoms with Gasteiger partial charge in [0.05, 0.1) is 60.7 Å². The number of thiophene rings is 1. The lowest BCUT2D eigenvalue weighted by Crippen LogP contribution is -2.47. The van der Waals surface area contributed by atoms with Crippen molar-refractivity contribution in [2.45, 2.75) is 50.7 Å². The summed E-state index contributed by atoms with van der Waals surface area (Å²) in [6, 6.07) is 14.6. The highest BCUT2D eigenvalue weighted by molar-refractivity contribution is 7.90. The highest BCUT2D eigenvalue weighted by atomic mass is 32.2. The van der Waals surface area contributed by atoms with Gasteiger partial charge in [0.25, 0.3) is 21.6 Å². The molecular formula is C47H56N8O9S2. The number of aromatic amines is 1. The smallest absolute Gasteiger partial charge is 0.293 e. The number of pyridine rings is 1. The van der Waals surface area contributed by atoms with Gasteiger partial charge in [0, 0.05) is 93.2 Å². The zero-order valence-corrected chi connectivity index (χ0v) is 38.9. The van der Waals surface area contributed by atoms with Gasteiger partial charge in [0.15, 0.2) is 0 Å². The second kappa shape index (κ2) is 19.8. The second-order valence-electron chi connectivity index (χ2n) is 18.1. The zero-order chi connectivity index (χ0) is 45.8. The van der Waals surface area contributed by atoms with Crippen LogP contribution in [0.25, 0.3) is 16.6 Å². The van der Waals surface area contributed by atoms with E-state index >= 15 is 0 Å². The van der Waals surface area contributed by atoms with E-state index in [9.17, 15) is 23.3 Å². The number of nitrogens with one attached hydrogen (secondary N) is 3. The molecule has 0 radical (unpaired) electrons. The predicted octanol–water partition coefficient (Wildman–Crippen LogP) is 6.89. The lowest BCUT2D eigenvalue weighted by molar-refractivity contribution is -0.384. The van der Waals surface area contributed by atoms with Crippen LogP contribution in [-0.4, -0.2) is 131 Å². The molecule has 350 valence electrons. The van der Waals surface area contributed by atoms with Crippen LogP contribution in [0.4, 0.5) is 17.1 Å². The maximum absolute atomic E-state index is 14.0. The van der Waals surface area contributed by atoms with Gasteiger partial charge in [-0.3, -0.25) is 24.7 Å². The van der Waals surface area contributed by atoms with Gasteiger partial charge >= 0.3 is 0 Å². The number of aromatic nitrogens is 2. The van der Waals surface area contributed by atoms with Crippen LogP contribution in [0.1, 0.15) is 53.9 Å². The second-order valence-corrected chi connectivity index (χ2v) is 20.7. The Bertz CT molecular complexity index is 2700. The largest absolute Gasteiger partial charge is 0.455 e. The first kappa shape index (κ1) is 45.7. The minimum Gasteiger partial charge on any atom is -0.455 e. The number of nitro benzene ring substituents is 1. The van der Waals surface area contributed by atoms with Crippen LogP contribution in [0, 0.1) is 15.5 Å². The predicted molar refractivity (Wildman–Crippen MR) is 253 cm³/mol. The summed E-state index contributed by atoms with van der Waals surface area (Å²) >= 11 is 1.87. The van der Waals surface area contributed by atoms with Crippen molar-refractivity contribution in [1.29, 1.82) is 0 Å². The SMILES string of the molecule is CC1(C)CCC(CN2CCN(c3ccc(C(=O)NS(=O)(=O)c4ccc(NC[C@H]5COCCO5)c([N+](=O)[O-])c4)c(Oc4cnc5[nH]ccc5c4)c3)CC2)=C(c2cc(CN3CCOCC3)cs2)C1. The topological polar surface area (TPSA) is 194 Å². The number of morpholine rings is 1. The fourth-order valence-electron chi connectivity index (χ4n) is 9.01. The maximum Gasteiger partial charge on any atom is 0.293 e. The lowest BCUT2D eigenvalue weighted by Gasteiger charge is -2.39. The molecule has 3 aliphatic heterocycles. The number of benzene rings is 2. The van der Waals surface area contributed by atoms with Crippen LogP contribution in [0.2, 0.25) is 0 Å². The molecule has 3 saturated heterocycles. The average Bonchev–Trinajstić information content (AvgIpc) is 3.99. The summed E-state index contributed by atoms with van der Waals surface area (Å²) in [5.41, 5.74) is 5.71. The van der Waals surface area contributed by atoms with Gasteiger partial charge in [0.1, 0.15) is 22.8 Å². The van der Waals surface area contributed by atoms with Crippen molar-refractivity contribution >= 4 is 60.9 Å². The number of fused-ring (bicyclic) bond motifs is 1. The van der Waals surface area contributed by atoms with Crippen molar-refractivity contribution in [1.82, 2.24) is 24.5 Å². The Labute approximate surface area is 388 Å². The number of ether oxygens (including phenoxy) is 4. The molecule has 4 aliphatic rings. The van der Waals surface area contributed by atoms with Crippen LogP contribution in [0.15, 0.2) is 82.8 Å². The van der Waals surface area contributed by atoms with Crippen LogP contribution in [-0.2, 0) is 30.8 Å². The molecule has 3 aromatic heterocycles. The van der Waals surface area contributed by atoms with Gasteiger partial charge in [0.2, 0.25) is 0 Å². The van der Waals surface area contributed by atoms with Crippen molar-refractivity contribution in [3.63, 3.8) is 0 Å². The van der Waals surface area contributed by atoms with E-state index in [1.807, 2.05) is 17.4 Å². The van der Waals surface area contributed by atoms with Crippen LogP contribution >= 0.6 is 11.3 Å². The van der Waals surface area contributed by atoms with Crippen molar-refractivity contribution in [3.05, 3.63) is 104 Å². The summed E-state index contributed by atoms with van der Waals surface area (Å²) in [7, 11) is -4.58. The maximum atomic E-state index is 14.0. The number of anilines is 2. The van der Waals surface area contributed by atoms with Gasteiger partial charge in [-0.05, 0) is 83.7 Å². The average molecular weight is 941 g/mol. The highest BCUT2D eigenvalue weighted by Crippen LogP contribution is 2.45. The van der Waals surface area contributed by atoms with Crippen molar-refractivity contribution in [2.24, 2.45) is 5.41 Å². The molecule has 6 heterocycles. The number of sulfonamides is 1. The Balaban J connectivity index is 0.908. The number of nitrogens with zero attached hydrogens (tertiary/aromatic N) is 5. The summed E-state index contributed by atoms with van der Waals surface area (Å²) < 4.78 is 52.4. The summed E-state index contributed by atoms with van der Waals surface area (Å²) in [5.74, 6) is -0.485. The van der Waals surface area contributed by atoms with Crippen LogP contribution < -0.4 is 19.7 Å². The Morgan fingerprint density at radius 3 is 2.59 bits per heavy atom. The molecule has 66 heavy (non-hydrogen) atoms. The Morgan fingerprint density at radius 2 is 1.80 bits per heavy atom. The minimum atomic E-state index is -4.58. The molecule has 3 N–H and O–H groups in total. The van der Waals surface area contributed by atoms with Gasteiger partial charge in [-0.2, -0.15) is 0 Å². The molecule has 3 fully saturated rings. The number of piperazine rings is 1. The van der Waals surface area contributed by atoms with Gasteiger partial charge < -0.3 is 34.1 Å². The third-order valence-corrected chi connectivity index (χ3v) is 15.1. The minimum absolute atomic E-state index is 0.0426. The summed E-state index contributed by atoms with van der Waals surface area (Å²) in [6.07, 6.45) is 6.27. The van der Waals surface area contributed by atoms with E-state index in [2.05, 4.69) is 60.0 Å². The van der Waals surface area contributed by atoms with E-state index in [4.69, 9.17) is 18.9 Å². The third-order valence-electron chi connectivity index (χ3n) is 12.7. The Morgan fingerprint density at radius 1 is 0.985 bits per heavy atom. The molecule has 0 unspecified atom stereocenters. The summed E-state index contributed by atoms with van der Waals surface area (Å²) in [6.45, 7) is 14.7. The van der Waals surface area contributed by atoms with Crippen molar-refractivity contribution < 1.29 is 37.1 Å². The summed E-state index contributed by atoms with van der Waals surface area (Å²) in [5, 5.41) is 18.2. The number of amides is 1. The standard InChI is InChI=1S/C47H56N8O9S2/c1-47(2)9-7-34(40(25-47)44-21-32(31-65-44)28-53-15-17-61-18-16-53)29-52-11-13-54(14-12-52)35-3-5-39(43(23-35)64-36-22-33-8-10-48-45(33)50-26-36)46(56)51-66(59,60)38-4-6-41(42(24-38)55(57)58)49-27-37-30-62-19-20-63-37/h3-6,8,10,21-24,26,31,37,49H,7,9,11-20,25,27-30H2,1-2H3,(H,48,50)(H,51,56)/t37-/m0/s1.